The molecule has 0 aromatic heterocycles. The first-order valence-electron chi connectivity index (χ1n) is 8.39. The number of hydrogen-bond acceptors (Lipinski definition) is 4. The van der Waals surface area contributed by atoms with Crippen molar-refractivity contribution >= 4 is 5.69 Å². The molecule has 0 saturated carbocycles. The van der Waals surface area contributed by atoms with Crippen molar-refractivity contribution in [1.82, 2.24) is 0 Å². The molecule has 0 heterocycles. The molecule has 0 saturated heterocycles. The van der Waals surface area contributed by atoms with Crippen molar-refractivity contribution in [3.8, 4) is 17.2 Å². The molecule has 0 atom stereocenters. The van der Waals surface area contributed by atoms with Crippen LogP contribution < -0.4 is 19.9 Å². The first-order chi connectivity index (χ1) is 11.6. The van der Waals surface area contributed by atoms with Crippen LogP contribution in [0.25, 0.3) is 0 Å². The molecule has 130 valence electrons. The molecular weight excluding hydrogens is 302 g/mol. The smallest absolute Gasteiger partial charge is 0.142 e. The van der Waals surface area contributed by atoms with Crippen molar-refractivity contribution in [1.29, 1.82) is 0 Å². The first kappa shape index (κ1) is 18.0. The van der Waals surface area contributed by atoms with Crippen LogP contribution >= 0.6 is 0 Å². The number of methoxy groups -OCH3 is 1. The van der Waals surface area contributed by atoms with Gasteiger partial charge in [-0.25, -0.2) is 0 Å². The van der Waals surface area contributed by atoms with Gasteiger partial charge in [0, 0.05) is 6.07 Å². The average Bonchev–Trinajstić information content (AvgIpc) is 2.59. The Kier molecular flexibility index (Phi) is 6.79. The summed E-state index contributed by atoms with van der Waals surface area (Å²) in [6.07, 6.45) is 1.84. The molecule has 0 radical (unpaired) electrons. The Hall–Kier alpha value is -2.36. The number of hydrogen-bond donors (Lipinski definition) is 1. The number of anilines is 1. The van der Waals surface area contributed by atoms with E-state index in [-0.39, 0.29) is 0 Å². The summed E-state index contributed by atoms with van der Waals surface area (Å²) in [5.41, 5.74) is 7.84. The predicted molar refractivity (Wildman–Crippen MR) is 98.2 cm³/mol. The van der Waals surface area contributed by atoms with E-state index in [0.717, 1.165) is 24.3 Å². The fraction of sp³-hybridized carbons (Fsp3) is 0.400. The van der Waals surface area contributed by atoms with Crippen LogP contribution in [0.1, 0.15) is 38.2 Å². The van der Waals surface area contributed by atoms with Gasteiger partial charge in [-0.1, -0.05) is 26.0 Å². The van der Waals surface area contributed by atoms with Crippen molar-refractivity contribution in [3.63, 3.8) is 0 Å². The lowest BCUT2D eigenvalue weighted by Gasteiger charge is -2.11. The monoisotopic (exact) mass is 329 g/mol. The number of benzene rings is 2. The second-order valence-corrected chi connectivity index (χ2v) is 6.03. The Morgan fingerprint density at radius 3 is 2.08 bits per heavy atom. The van der Waals surface area contributed by atoms with Gasteiger partial charge < -0.3 is 19.9 Å². The lowest BCUT2D eigenvalue weighted by Crippen LogP contribution is -2.04. The van der Waals surface area contributed by atoms with Gasteiger partial charge in [-0.3, -0.25) is 0 Å². The van der Waals surface area contributed by atoms with Gasteiger partial charge in [0.2, 0.25) is 0 Å². The molecule has 24 heavy (non-hydrogen) atoms. The zero-order valence-corrected chi connectivity index (χ0v) is 14.7. The van der Waals surface area contributed by atoms with Crippen LogP contribution in [0.5, 0.6) is 17.2 Å². The molecule has 2 N–H and O–H groups in total. The molecule has 0 spiro atoms. The van der Waals surface area contributed by atoms with E-state index in [1.54, 1.807) is 13.2 Å². The van der Waals surface area contributed by atoms with Gasteiger partial charge in [0.1, 0.15) is 17.2 Å². The highest BCUT2D eigenvalue weighted by Crippen LogP contribution is 2.26. The maximum absolute atomic E-state index is 5.92. The molecule has 0 fully saturated rings. The molecule has 0 aliphatic carbocycles. The summed E-state index contributed by atoms with van der Waals surface area (Å²) in [7, 11) is 1.62. The van der Waals surface area contributed by atoms with Crippen LogP contribution in [0.2, 0.25) is 0 Å². The van der Waals surface area contributed by atoms with Crippen molar-refractivity contribution in [3.05, 3.63) is 48.0 Å². The molecule has 4 heteroatoms. The van der Waals surface area contributed by atoms with Gasteiger partial charge in [-0.05, 0) is 48.6 Å². The summed E-state index contributed by atoms with van der Waals surface area (Å²) in [6, 6.07) is 13.7. The van der Waals surface area contributed by atoms with E-state index in [1.165, 1.54) is 5.56 Å². The summed E-state index contributed by atoms with van der Waals surface area (Å²) >= 11 is 0. The maximum Gasteiger partial charge on any atom is 0.142 e. The van der Waals surface area contributed by atoms with Crippen LogP contribution in [0.15, 0.2) is 42.5 Å². The van der Waals surface area contributed by atoms with Crippen molar-refractivity contribution in [2.75, 3.05) is 26.1 Å². The van der Waals surface area contributed by atoms with Crippen LogP contribution in [-0.4, -0.2) is 20.3 Å². The molecule has 2 rings (SSSR count). The molecule has 2 aromatic carbocycles. The quantitative estimate of drug-likeness (QED) is 0.538. The average molecular weight is 329 g/mol. The normalized spacial score (nSPS) is 10.7. The van der Waals surface area contributed by atoms with Gasteiger partial charge in [0.25, 0.3) is 0 Å². The zero-order valence-electron chi connectivity index (χ0n) is 14.7. The lowest BCUT2D eigenvalue weighted by molar-refractivity contribution is 0.267. The third-order valence-electron chi connectivity index (χ3n) is 3.83. The zero-order chi connectivity index (χ0) is 17.4. The second kappa shape index (κ2) is 9.06. The molecular formula is C20H27NO3. The fourth-order valence-corrected chi connectivity index (χ4v) is 2.31. The summed E-state index contributed by atoms with van der Waals surface area (Å²) in [5.74, 6) is 2.89. The van der Waals surface area contributed by atoms with E-state index < -0.39 is 0 Å². The highest BCUT2D eigenvalue weighted by atomic mass is 16.5. The first-order valence-corrected chi connectivity index (χ1v) is 8.39. The summed E-state index contributed by atoms with van der Waals surface area (Å²) in [6.45, 7) is 5.67. The lowest BCUT2D eigenvalue weighted by atomic mass is 10.0. The molecule has 0 aliphatic rings. The van der Waals surface area contributed by atoms with E-state index in [9.17, 15) is 0 Å². The number of unbranched alkanes of at least 4 members (excludes halogenated alkanes) is 1. The second-order valence-electron chi connectivity index (χ2n) is 6.03. The SMILES string of the molecule is COc1ccc(OCCCCOc2ccc(C(C)C)cc2)c(N)c1. The van der Waals surface area contributed by atoms with Gasteiger partial charge in [0.05, 0.1) is 26.0 Å². The van der Waals surface area contributed by atoms with Crippen LogP contribution in [0.4, 0.5) is 5.69 Å². The van der Waals surface area contributed by atoms with Crippen LogP contribution in [-0.2, 0) is 0 Å². The van der Waals surface area contributed by atoms with Crippen molar-refractivity contribution in [2.24, 2.45) is 0 Å². The number of ether oxygens (including phenoxy) is 3. The fourth-order valence-electron chi connectivity index (χ4n) is 2.31. The Bertz CT molecular complexity index is 623. The minimum absolute atomic E-state index is 0.543. The third-order valence-corrected chi connectivity index (χ3v) is 3.83. The Morgan fingerprint density at radius 2 is 1.50 bits per heavy atom. The van der Waals surface area contributed by atoms with Crippen LogP contribution in [0, 0.1) is 0 Å². The van der Waals surface area contributed by atoms with E-state index in [1.807, 2.05) is 24.3 Å². The highest BCUT2D eigenvalue weighted by molar-refractivity contribution is 5.56. The molecule has 0 unspecified atom stereocenters. The molecule has 2 aromatic rings. The summed E-state index contributed by atoms with van der Waals surface area (Å²) in [4.78, 5) is 0. The predicted octanol–water partition coefficient (Wildman–Crippen LogP) is 4.64. The van der Waals surface area contributed by atoms with Crippen LogP contribution in [0.3, 0.4) is 0 Å². The van der Waals surface area contributed by atoms with E-state index in [4.69, 9.17) is 19.9 Å². The van der Waals surface area contributed by atoms with Gasteiger partial charge >= 0.3 is 0 Å². The number of rotatable bonds is 9. The molecule has 0 bridgehead atoms. The summed E-state index contributed by atoms with van der Waals surface area (Å²) < 4.78 is 16.6. The molecule has 0 amide bonds. The Balaban J connectivity index is 1.64. The molecule has 0 aliphatic heterocycles. The van der Waals surface area contributed by atoms with E-state index in [2.05, 4.69) is 26.0 Å². The topological polar surface area (TPSA) is 53.7 Å². The minimum Gasteiger partial charge on any atom is -0.497 e. The Labute approximate surface area is 144 Å². The minimum atomic E-state index is 0.543. The standard InChI is InChI=1S/C20H27NO3/c1-15(2)16-6-8-17(9-7-16)23-12-4-5-13-24-20-11-10-18(22-3)14-19(20)21/h6-11,14-15H,4-5,12-13,21H2,1-3H3. The number of nitrogens with two attached hydrogens (primary N) is 1. The van der Waals surface area contributed by atoms with Gasteiger partial charge in [-0.2, -0.15) is 0 Å². The Morgan fingerprint density at radius 1 is 0.875 bits per heavy atom. The molecule has 4 nitrogen and oxygen atoms in total. The van der Waals surface area contributed by atoms with E-state index >= 15 is 0 Å². The number of nitrogen functional groups attached to an aromatic ring is 1. The largest absolute Gasteiger partial charge is 0.497 e. The van der Waals surface area contributed by atoms with Gasteiger partial charge in [-0.15, -0.1) is 0 Å². The highest BCUT2D eigenvalue weighted by Gasteiger charge is 2.03. The summed E-state index contributed by atoms with van der Waals surface area (Å²) in [5, 5.41) is 0. The third kappa shape index (κ3) is 5.37. The van der Waals surface area contributed by atoms with Crippen molar-refractivity contribution in [2.45, 2.75) is 32.6 Å². The maximum atomic E-state index is 5.92. The van der Waals surface area contributed by atoms with E-state index in [0.29, 0.717) is 30.6 Å². The van der Waals surface area contributed by atoms with Crippen molar-refractivity contribution < 1.29 is 14.2 Å². The van der Waals surface area contributed by atoms with Gasteiger partial charge in [0.15, 0.2) is 0 Å².